The average Bonchev–Trinajstić information content (AvgIpc) is 2.69. The molecule has 0 radical (unpaired) electrons. The monoisotopic (exact) mass is 280 g/mol. The van der Waals surface area contributed by atoms with Crippen molar-refractivity contribution in [3.8, 4) is 0 Å². The summed E-state index contributed by atoms with van der Waals surface area (Å²) in [5.74, 6) is 1.32. The van der Waals surface area contributed by atoms with E-state index >= 15 is 0 Å². The molecule has 3 nitrogen and oxygen atoms in total. The minimum absolute atomic E-state index is 0.0549. The quantitative estimate of drug-likeness (QED) is 0.705. The molecule has 0 aliphatic heterocycles. The van der Waals surface area contributed by atoms with E-state index in [-0.39, 0.29) is 23.9 Å². The third kappa shape index (κ3) is 3.32. The van der Waals surface area contributed by atoms with Crippen LogP contribution in [0.3, 0.4) is 0 Å². The highest BCUT2D eigenvalue weighted by atomic mass is 16.3. The van der Waals surface area contributed by atoms with Gasteiger partial charge in [-0.15, -0.1) is 0 Å². The summed E-state index contributed by atoms with van der Waals surface area (Å²) in [6.07, 6.45) is 8.44. The second-order valence-corrected chi connectivity index (χ2v) is 6.54. The number of Topliss-reactive ketones (excluding diaryl/α,β-unsaturated/α-hetero) is 1. The second kappa shape index (κ2) is 6.86. The third-order valence-corrected chi connectivity index (χ3v) is 5.38. The van der Waals surface area contributed by atoms with E-state index in [2.05, 4.69) is 13.8 Å². The number of hydrogen-bond acceptors (Lipinski definition) is 3. The third-order valence-electron chi connectivity index (χ3n) is 5.38. The van der Waals surface area contributed by atoms with E-state index in [1.807, 2.05) is 12.2 Å². The minimum Gasteiger partial charge on any atom is -0.392 e. The van der Waals surface area contributed by atoms with Crippen molar-refractivity contribution >= 4 is 5.78 Å². The molecule has 0 saturated heterocycles. The summed E-state index contributed by atoms with van der Waals surface area (Å²) in [5.41, 5.74) is 0. The number of aliphatic hydroxyl groups is 2. The van der Waals surface area contributed by atoms with Gasteiger partial charge in [-0.05, 0) is 25.2 Å². The molecule has 0 spiro atoms. The maximum atomic E-state index is 11.4. The Bertz CT molecular complexity index is 359. The van der Waals surface area contributed by atoms with Crippen molar-refractivity contribution in [3.63, 3.8) is 0 Å². The summed E-state index contributed by atoms with van der Waals surface area (Å²) in [5, 5.41) is 20.1. The van der Waals surface area contributed by atoms with Crippen molar-refractivity contribution in [2.24, 2.45) is 23.7 Å². The Morgan fingerprint density at radius 1 is 1.30 bits per heavy atom. The molecule has 20 heavy (non-hydrogen) atoms. The molecule has 0 heterocycles. The zero-order chi connectivity index (χ0) is 14.7. The van der Waals surface area contributed by atoms with Crippen LogP contribution < -0.4 is 0 Å². The zero-order valence-electron chi connectivity index (χ0n) is 12.7. The lowest BCUT2D eigenvalue weighted by Gasteiger charge is -2.30. The molecule has 3 heteroatoms. The lowest BCUT2D eigenvalue weighted by atomic mass is 9.74. The van der Waals surface area contributed by atoms with Crippen LogP contribution >= 0.6 is 0 Å². The number of carbonyl (C=O) groups is 1. The Morgan fingerprint density at radius 2 is 2.00 bits per heavy atom. The predicted molar refractivity (Wildman–Crippen MR) is 79.2 cm³/mol. The first-order valence-corrected chi connectivity index (χ1v) is 8.13. The number of ketones is 1. The van der Waals surface area contributed by atoms with Gasteiger partial charge >= 0.3 is 0 Å². The molecule has 0 amide bonds. The van der Waals surface area contributed by atoms with Crippen molar-refractivity contribution in [2.75, 3.05) is 0 Å². The minimum atomic E-state index is -0.420. The molecular weight excluding hydrogens is 252 g/mol. The molecule has 5 atom stereocenters. The maximum absolute atomic E-state index is 11.4. The number of aliphatic hydroxyl groups excluding tert-OH is 2. The maximum Gasteiger partial charge on any atom is 0.136 e. The Morgan fingerprint density at radius 3 is 2.55 bits per heavy atom. The van der Waals surface area contributed by atoms with Crippen LogP contribution in [0, 0.1) is 23.7 Å². The highest BCUT2D eigenvalue weighted by Crippen LogP contribution is 2.47. The molecule has 2 rings (SSSR count). The molecule has 2 saturated carbocycles. The van der Waals surface area contributed by atoms with Crippen molar-refractivity contribution in [3.05, 3.63) is 12.2 Å². The van der Waals surface area contributed by atoms with Crippen molar-refractivity contribution in [2.45, 2.75) is 64.6 Å². The van der Waals surface area contributed by atoms with Gasteiger partial charge < -0.3 is 10.2 Å². The first-order chi connectivity index (χ1) is 9.56. The van der Waals surface area contributed by atoms with Crippen LogP contribution in [0.5, 0.6) is 0 Å². The molecule has 3 unspecified atom stereocenters. The summed E-state index contributed by atoms with van der Waals surface area (Å²) in [6, 6.07) is 0. The average molecular weight is 280 g/mol. The van der Waals surface area contributed by atoms with Gasteiger partial charge in [0, 0.05) is 24.2 Å². The van der Waals surface area contributed by atoms with Gasteiger partial charge in [0.1, 0.15) is 5.78 Å². The van der Waals surface area contributed by atoms with E-state index in [1.165, 1.54) is 12.8 Å². The van der Waals surface area contributed by atoms with Gasteiger partial charge in [-0.2, -0.15) is 0 Å². The van der Waals surface area contributed by atoms with Crippen molar-refractivity contribution < 1.29 is 15.0 Å². The first kappa shape index (κ1) is 15.7. The zero-order valence-corrected chi connectivity index (χ0v) is 12.7. The fourth-order valence-corrected chi connectivity index (χ4v) is 3.68. The van der Waals surface area contributed by atoms with Crippen LogP contribution in [-0.2, 0) is 4.79 Å². The van der Waals surface area contributed by atoms with E-state index in [1.54, 1.807) is 0 Å². The number of carbonyl (C=O) groups excluding carboxylic acids is 1. The molecule has 0 aromatic carbocycles. The molecule has 114 valence electrons. The topological polar surface area (TPSA) is 57.5 Å². The van der Waals surface area contributed by atoms with Gasteiger partial charge in [-0.25, -0.2) is 0 Å². The molecule has 2 aliphatic rings. The first-order valence-electron chi connectivity index (χ1n) is 8.13. The summed E-state index contributed by atoms with van der Waals surface area (Å²) < 4.78 is 0. The molecular formula is C17H28O3. The van der Waals surface area contributed by atoms with Crippen LogP contribution in [0.1, 0.15) is 52.4 Å². The van der Waals surface area contributed by atoms with Gasteiger partial charge in [0.2, 0.25) is 0 Å². The molecule has 2 aliphatic carbocycles. The van der Waals surface area contributed by atoms with E-state index in [0.29, 0.717) is 18.1 Å². The van der Waals surface area contributed by atoms with Crippen molar-refractivity contribution in [1.29, 1.82) is 0 Å². The lowest BCUT2D eigenvalue weighted by Crippen LogP contribution is -2.38. The Balaban J connectivity index is 1.76. The molecule has 0 bridgehead atoms. The standard InChI is InChI=1S/C17H28O3/c1-3-11(4-2)5-7-13(18)8-6-12-9-14-15(17(12)20)10-16(14)19/h6,8,11-15,17-18,20H,3-5,7,9-10H2,1-2H3/t12?,13?,14-,15+,17?/m0/s1. The lowest BCUT2D eigenvalue weighted by molar-refractivity contribution is -0.135. The molecule has 2 fully saturated rings. The summed E-state index contributed by atoms with van der Waals surface area (Å²) in [7, 11) is 0. The van der Waals surface area contributed by atoms with Gasteiger partial charge in [0.15, 0.2) is 0 Å². The Kier molecular flexibility index (Phi) is 5.39. The highest BCUT2D eigenvalue weighted by Gasteiger charge is 2.51. The van der Waals surface area contributed by atoms with Crippen LogP contribution in [0.2, 0.25) is 0 Å². The van der Waals surface area contributed by atoms with Crippen LogP contribution in [0.25, 0.3) is 0 Å². The molecule has 0 aromatic rings. The smallest absolute Gasteiger partial charge is 0.136 e. The number of hydrogen-bond donors (Lipinski definition) is 2. The van der Waals surface area contributed by atoms with Crippen LogP contribution in [0.15, 0.2) is 12.2 Å². The highest BCUT2D eigenvalue weighted by molar-refractivity contribution is 5.88. The largest absolute Gasteiger partial charge is 0.392 e. The predicted octanol–water partition coefficient (Wildman–Crippen LogP) is 2.71. The van der Waals surface area contributed by atoms with Gasteiger partial charge in [-0.3, -0.25) is 4.79 Å². The summed E-state index contributed by atoms with van der Waals surface area (Å²) in [6.45, 7) is 4.39. The number of rotatable bonds is 7. The van der Waals surface area contributed by atoms with Gasteiger partial charge in [0.25, 0.3) is 0 Å². The van der Waals surface area contributed by atoms with E-state index in [4.69, 9.17) is 0 Å². The van der Waals surface area contributed by atoms with Gasteiger partial charge in [-0.1, -0.05) is 38.8 Å². The number of fused-ring (bicyclic) bond motifs is 1. The van der Waals surface area contributed by atoms with Crippen LogP contribution in [-0.4, -0.2) is 28.2 Å². The van der Waals surface area contributed by atoms with Crippen LogP contribution in [0.4, 0.5) is 0 Å². The molecule has 2 N–H and O–H groups in total. The fraction of sp³-hybridized carbons (Fsp3) is 0.824. The van der Waals surface area contributed by atoms with Gasteiger partial charge in [0.05, 0.1) is 12.2 Å². The Hall–Kier alpha value is -0.670. The fourth-order valence-electron chi connectivity index (χ4n) is 3.68. The van der Waals surface area contributed by atoms with E-state index in [0.717, 1.165) is 19.3 Å². The SMILES string of the molecule is CCC(CC)CCC(O)C=CC1C[C@@H]2C(=O)C[C@H]2C1O. The summed E-state index contributed by atoms with van der Waals surface area (Å²) in [4.78, 5) is 11.4. The summed E-state index contributed by atoms with van der Waals surface area (Å²) >= 11 is 0. The van der Waals surface area contributed by atoms with Crippen molar-refractivity contribution in [1.82, 2.24) is 0 Å². The molecule has 0 aromatic heterocycles. The van der Waals surface area contributed by atoms with E-state index in [9.17, 15) is 15.0 Å². The second-order valence-electron chi connectivity index (χ2n) is 6.54. The Labute approximate surface area is 122 Å². The normalized spacial score (nSPS) is 34.5. The van der Waals surface area contributed by atoms with E-state index < -0.39 is 6.10 Å².